The van der Waals surface area contributed by atoms with E-state index < -0.39 is 29.0 Å². The lowest BCUT2D eigenvalue weighted by atomic mass is 9.82. The molecule has 0 fully saturated rings. The molecule has 1 aromatic heterocycles. The second kappa shape index (κ2) is 13.3. The van der Waals surface area contributed by atoms with Crippen molar-refractivity contribution in [3.8, 4) is 0 Å². The van der Waals surface area contributed by atoms with Crippen molar-refractivity contribution >= 4 is 57.5 Å². The number of hydrogen-bond acceptors (Lipinski definition) is 7. The number of ether oxygens (including phenoxy) is 1. The Morgan fingerprint density at radius 3 is 2.54 bits per heavy atom. The van der Waals surface area contributed by atoms with Crippen molar-refractivity contribution in [3.05, 3.63) is 52.4 Å². The van der Waals surface area contributed by atoms with Gasteiger partial charge in [-0.3, -0.25) is 14.4 Å². The van der Waals surface area contributed by atoms with Crippen molar-refractivity contribution < 1.29 is 29.0 Å². The number of hydrogen-bond donors (Lipinski definition) is 3. The molecule has 4 rings (SSSR count). The van der Waals surface area contributed by atoms with Crippen LogP contribution in [-0.4, -0.2) is 40.7 Å². The molecule has 2 aliphatic rings. The summed E-state index contributed by atoms with van der Waals surface area (Å²) in [7, 11) is 0. The number of allylic oxidation sites excluding steroid dienone is 2. The van der Waals surface area contributed by atoms with Crippen molar-refractivity contribution in [3.63, 3.8) is 0 Å². The number of aryl methyl sites for hydroxylation is 1. The number of carboxylic acid groups (broad SMARTS) is 1. The van der Waals surface area contributed by atoms with E-state index in [0.717, 1.165) is 41.0 Å². The maximum atomic E-state index is 13.4. The molecule has 0 spiro atoms. The highest BCUT2D eigenvalue weighted by molar-refractivity contribution is 8.00. The number of thiophene rings is 1. The van der Waals surface area contributed by atoms with E-state index in [1.54, 1.807) is 31.2 Å². The Hall–Kier alpha value is -3.11. The van der Waals surface area contributed by atoms with Crippen molar-refractivity contribution in [1.82, 2.24) is 0 Å². The number of nitrogens with one attached hydrogen (secondary N) is 2. The molecule has 0 saturated carbocycles. The molecule has 0 radical (unpaired) electrons. The normalized spacial score (nSPS) is 19.0. The summed E-state index contributed by atoms with van der Waals surface area (Å²) < 4.78 is 5.31. The maximum absolute atomic E-state index is 13.4. The number of esters is 1. The highest BCUT2D eigenvalue weighted by Gasteiger charge is 2.34. The molecule has 0 aliphatic heterocycles. The fourth-order valence-corrected chi connectivity index (χ4v) is 7.30. The third-order valence-corrected chi connectivity index (χ3v) is 9.58. The fourth-order valence-electron chi connectivity index (χ4n) is 5.01. The number of anilines is 2. The molecule has 0 saturated heterocycles. The summed E-state index contributed by atoms with van der Waals surface area (Å²) >= 11 is 2.84. The van der Waals surface area contributed by atoms with Crippen LogP contribution in [0.25, 0.3) is 0 Å². The van der Waals surface area contributed by atoms with E-state index in [1.807, 2.05) is 19.1 Å². The van der Waals surface area contributed by atoms with Gasteiger partial charge in [-0.25, -0.2) is 4.79 Å². The number of carbonyl (C=O) groups is 4. The van der Waals surface area contributed by atoms with Gasteiger partial charge in [0.25, 0.3) is 0 Å². The number of carboxylic acids is 1. The number of rotatable bonds is 10. The van der Waals surface area contributed by atoms with Crippen LogP contribution in [0.5, 0.6) is 0 Å². The number of amides is 2. The van der Waals surface area contributed by atoms with E-state index >= 15 is 0 Å². The topological polar surface area (TPSA) is 122 Å². The van der Waals surface area contributed by atoms with Gasteiger partial charge in [-0.05, 0) is 75.6 Å². The summed E-state index contributed by atoms with van der Waals surface area (Å²) in [6.45, 7) is 3.97. The zero-order chi connectivity index (χ0) is 27.9. The van der Waals surface area contributed by atoms with E-state index in [4.69, 9.17) is 4.74 Å². The quantitative estimate of drug-likeness (QED) is 0.184. The summed E-state index contributed by atoms with van der Waals surface area (Å²) in [5.41, 5.74) is 2.05. The first-order valence-corrected chi connectivity index (χ1v) is 15.1. The summed E-state index contributed by atoms with van der Waals surface area (Å²) in [5, 5.41) is 15.5. The summed E-state index contributed by atoms with van der Waals surface area (Å²) in [5.74, 6) is -3.27. The van der Waals surface area contributed by atoms with Gasteiger partial charge in [-0.1, -0.05) is 25.1 Å². The predicted octanol–water partition coefficient (Wildman–Crippen LogP) is 5.92. The Bertz CT molecular complexity index is 1270. The third kappa shape index (κ3) is 6.91. The van der Waals surface area contributed by atoms with Crippen molar-refractivity contribution in [2.75, 3.05) is 17.2 Å². The maximum Gasteiger partial charge on any atom is 0.341 e. The highest BCUT2D eigenvalue weighted by Crippen LogP contribution is 2.39. The molecule has 0 bridgehead atoms. The smallest absolute Gasteiger partial charge is 0.341 e. The molecule has 10 heteroatoms. The van der Waals surface area contributed by atoms with E-state index in [1.165, 1.54) is 23.1 Å². The Morgan fingerprint density at radius 1 is 1.08 bits per heavy atom. The Kier molecular flexibility index (Phi) is 9.85. The van der Waals surface area contributed by atoms with Crippen molar-refractivity contribution in [2.24, 2.45) is 11.8 Å². The van der Waals surface area contributed by atoms with Crippen LogP contribution in [0, 0.1) is 11.8 Å². The van der Waals surface area contributed by atoms with Gasteiger partial charge in [0.1, 0.15) is 5.00 Å². The highest BCUT2D eigenvalue weighted by atomic mass is 32.2. The molecule has 1 aromatic carbocycles. The first kappa shape index (κ1) is 28.9. The molecule has 208 valence electrons. The van der Waals surface area contributed by atoms with E-state index in [9.17, 15) is 24.3 Å². The number of fused-ring (bicyclic) bond motifs is 1. The zero-order valence-corrected chi connectivity index (χ0v) is 23.8. The lowest BCUT2D eigenvalue weighted by Gasteiger charge is -2.24. The number of aliphatic carboxylic acids is 1. The molecular formula is C29H34N2O6S2. The van der Waals surface area contributed by atoms with Crippen molar-refractivity contribution in [1.29, 1.82) is 0 Å². The Balaban J connectivity index is 1.45. The van der Waals surface area contributed by atoms with E-state index in [0.29, 0.717) is 35.5 Å². The minimum absolute atomic E-state index is 0.195. The van der Waals surface area contributed by atoms with Gasteiger partial charge in [0.2, 0.25) is 11.8 Å². The van der Waals surface area contributed by atoms with Crippen LogP contribution in [0.3, 0.4) is 0 Å². The molecule has 2 aromatic rings. The molecule has 1 heterocycles. The number of benzene rings is 1. The van der Waals surface area contributed by atoms with Crippen LogP contribution in [0.15, 0.2) is 41.3 Å². The van der Waals surface area contributed by atoms with E-state index in [2.05, 4.69) is 10.6 Å². The molecule has 39 heavy (non-hydrogen) atoms. The third-order valence-electron chi connectivity index (χ3n) is 7.02. The van der Waals surface area contributed by atoms with Gasteiger partial charge in [0.05, 0.1) is 29.3 Å². The van der Waals surface area contributed by atoms with Crippen LogP contribution >= 0.6 is 23.1 Å². The molecule has 8 nitrogen and oxygen atoms in total. The lowest BCUT2D eigenvalue weighted by Crippen LogP contribution is -2.34. The number of carbonyl (C=O) groups excluding carboxylic acids is 3. The van der Waals surface area contributed by atoms with Crippen LogP contribution in [0.4, 0.5) is 10.7 Å². The zero-order valence-electron chi connectivity index (χ0n) is 22.2. The second-order valence-electron chi connectivity index (χ2n) is 9.65. The number of thioether (sulfide) groups is 1. The van der Waals surface area contributed by atoms with Gasteiger partial charge < -0.3 is 20.5 Å². The Morgan fingerprint density at radius 2 is 1.82 bits per heavy atom. The summed E-state index contributed by atoms with van der Waals surface area (Å²) in [4.78, 5) is 52.5. The first-order chi connectivity index (χ1) is 18.8. The summed E-state index contributed by atoms with van der Waals surface area (Å²) in [6.07, 6.45) is 8.71. The van der Waals surface area contributed by atoms with Crippen LogP contribution in [-0.2, 0) is 32.0 Å². The fraction of sp³-hybridized carbons (Fsp3) is 0.448. The monoisotopic (exact) mass is 570 g/mol. The summed E-state index contributed by atoms with van der Waals surface area (Å²) in [6, 6.07) is 7.21. The average Bonchev–Trinajstić information content (AvgIpc) is 3.29. The standard InChI is InChI=1S/C29H34N2O6S2/c1-3-22(26(33)31-27-24(29(36)37-4-2)21-14-7-8-15-23(21)39-27)38-18-11-9-10-17(16-18)30-25(32)19-12-5-6-13-20(19)28(34)35/h5-6,9-11,16,19-20,22H,3-4,7-8,12-15H2,1-2H3,(H,30,32)(H,31,33)(H,34,35). The molecular weight excluding hydrogens is 536 g/mol. The van der Waals surface area contributed by atoms with Gasteiger partial charge in [0, 0.05) is 15.5 Å². The predicted molar refractivity (Wildman–Crippen MR) is 154 cm³/mol. The van der Waals surface area contributed by atoms with Gasteiger partial charge in [0.15, 0.2) is 0 Å². The van der Waals surface area contributed by atoms with Gasteiger partial charge >= 0.3 is 11.9 Å². The second-order valence-corrected chi connectivity index (χ2v) is 12.0. The van der Waals surface area contributed by atoms with Crippen LogP contribution < -0.4 is 10.6 Å². The first-order valence-electron chi connectivity index (χ1n) is 13.4. The molecule has 3 atom stereocenters. The van der Waals surface area contributed by atoms with E-state index in [-0.39, 0.29) is 18.4 Å². The molecule has 3 N–H and O–H groups in total. The molecule has 2 aliphatic carbocycles. The SMILES string of the molecule is CCOC(=O)c1c(NC(=O)C(CC)Sc2cccc(NC(=O)C3CC=CCC3C(=O)O)c2)sc2c1CCCC2. The van der Waals surface area contributed by atoms with Gasteiger partial charge in [-0.2, -0.15) is 0 Å². The minimum Gasteiger partial charge on any atom is -0.481 e. The largest absolute Gasteiger partial charge is 0.481 e. The average molecular weight is 571 g/mol. The van der Waals surface area contributed by atoms with Crippen LogP contribution in [0.2, 0.25) is 0 Å². The van der Waals surface area contributed by atoms with Crippen molar-refractivity contribution in [2.45, 2.75) is 68.9 Å². The lowest BCUT2D eigenvalue weighted by molar-refractivity contribution is -0.146. The minimum atomic E-state index is -0.974. The van der Waals surface area contributed by atoms with Crippen LogP contribution in [0.1, 0.15) is 66.8 Å². The van der Waals surface area contributed by atoms with Gasteiger partial charge in [-0.15, -0.1) is 23.1 Å². The Labute approximate surface area is 236 Å². The molecule has 3 unspecified atom stereocenters. The molecule has 2 amide bonds.